The lowest BCUT2D eigenvalue weighted by atomic mass is 9.87. The molecule has 142 valence electrons. The molecule has 3 rings (SSSR count). The molecule has 5 heteroatoms. The van der Waals surface area contributed by atoms with Crippen molar-refractivity contribution < 1.29 is 5.11 Å². The molecule has 0 aliphatic heterocycles. The van der Waals surface area contributed by atoms with Crippen molar-refractivity contribution in [2.45, 2.75) is 50.1 Å². The first kappa shape index (κ1) is 19.6. The molecule has 27 heavy (non-hydrogen) atoms. The molecule has 0 fully saturated rings. The molecule has 4 nitrogen and oxygen atoms in total. The average Bonchev–Trinajstić information content (AvgIpc) is 2.65. The van der Waals surface area contributed by atoms with Crippen molar-refractivity contribution in [3.63, 3.8) is 0 Å². The number of aromatic nitrogens is 2. The van der Waals surface area contributed by atoms with E-state index in [0.29, 0.717) is 29.0 Å². The predicted molar refractivity (Wildman–Crippen MR) is 112 cm³/mol. The minimum Gasteiger partial charge on any atom is -0.396 e. The van der Waals surface area contributed by atoms with Gasteiger partial charge in [-0.3, -0.25) is 9.36 Å². The Morgan fingerprint density at radius 2 is 1.78 bits per heavy atom. The van der Waals surface area contributed by atoms with Gasteiger partial charge in [0.15, 0.2) is 5.16 Å². The summed E-state index contributed by atoms with van der Waals surface area (Å²) in [6.07, 6.45) is 0.535. The van der Waals surface area contributed by atoms with Crippen LogP contribution in [-0.4, -0.2) is 21.3 Å². The van der Waals surface area contributed by atoms with Crippen molar-refractivity contribution in [3.8, 4) is 0 Å². The minimum absolute atomic E-state index is 0.0420. The molecule has 0 spiro atoms. The second kappa shape index (κ2) is 8.28. The van der Waals surface area contributed by atoms with E-state index in [0.717, 1.165) is 5.75 Å². The Balaban J connectivity index is 1.88. The van der Waals surface area contributed by atoms with E-state index < -0.39 is 0 Å². The van der Waals surface area contributed by atoms with Gasteiger partial charge >= 0.3 is 0 Å². The number of aliphatic hydroxyl groups excluding tert-OH is 1. The SMILES string of the molecule is CC(C)(C)c1ccc(CSc2nc3ccccc3c(=O)n2CCCO)cc1. The molecule has 0 atom stereocenters. The summed E-state index contributed by atoms with van der Waals surface area (Å²) in [7, 11) is 0. The number of aliphatic hydroxyl groups is 1. The van der Waals surface area contributed by atoms with Gasteiger partial charge < -0.3 is 5.11 Å². The van der Waals surface area contributed by atoms with Gasteiger partial charge in [-0.25, -0.2) is 4.98 Å². The molecular weight excluding hydrogens is 356 g/mol. The zero-order valence-electron chi connectivity index (χ0n) is 16.1. The molecule has 0 aliphatic rings. The van der Waals surface area contributed by atoms with E-state index in [4.69, 9.17) is 4.98 Å². The Hall–Kier alpha value is -2.11. The maximum Gasteiger partial charge on any atom is 0.262 e. The monoisotopic (exact) mass is 382 g/mol. The minimum atomic E-state index is -0.0420. The normalized spacial score (nSPS) is 11.9. The van der Waals surface area contributed by atoms with E-state index in [2.05, 4.69) is 45.0 Å². The average molecular weight is 383 g/mol. The smallest absolute Gasteiger partial charge is 0.262 e. The third-order valence-electron chi connectivity index (χ3n) is 4.55. The largest absolute Gasteiger partial charge is 0.396 e. The van der Waals surface area contributed by atoms with Crippen LogP contribution in [0.1, 0.15) is 38.3 Å². The summed E-state index contributed by atoms with van der Waals surface area (Å²) in [4.78, 5) is 17.6. The van der Waals surface area contributed by atoms with Gasteiger partial charge in [-0.2, -0.15) is 0 Å². The second-order valence-electron chi connectivity index (χ2n) is 7.68. The fraction of sp³-hybridized carbons (Fsp3) is 0.364. The zero-order valence-corrected chi connectivity index (χ0v) is 16.9. The molecule has 1 aromatic heterocycles. The van der Waals surface area contributed by atoms with Crippen LogP contribution in [0.5, 0.6) is 0 Å². The Labute approximate surface area is 164 Å². The maximum absolute atomic E-state index is 12.8. The van der Waals surface area contributed by atoms with Crippen molar-refractivity contribution in [2.75, 3.05) is 6.61 Å². The predicted octanol–water partition coefficient (Wildman–Crippen LogP) is 4.37. The topological polar surface area (TPSA) is 55.1 Å². The molecular formula is C22H26N2O2S. The number of thioether (sulfide) groups is 1. The summed E-state index contributed by atoms with van der Waals surface area (Å²) >= 11 is 1.56. The summed E-state index contributed by atoms with van der Waals surface area (Å²) < 4.78 is 1.69. The van der Waals surface area contributed by atoms with Crippen molar-refractivity contribution in [2.24, 2.45) is 0 Å². The highest BCUT2D eigenvalue weighted by atomic mass is 32.2. The Morgan fingerprint density at radius 1 is 1.07 bits per heavy atom. The number of nitrogens with zero attached hydrogens (tertiary/aromatic N) is 2. The van der Waals surface area contributed by atoms with E-state index in [1.54, 1.807) is 22.4 Å². The van der Waals surface area contributed by atoms with Crippen LogP contribution in [0, 0.1) is 0 Å². The molecule has 0 radical (unpaired) electrons. The van der Waals surface area contributed by atoms with Crippen LogP contribution >= 0.6 is 11.8 Å². The van der Waals surface area contributed by atoms with E-state index in [-0.39, 0.29) is 17.6 Å². The van der Waals surface area contributed by atoms with Gasteiger partial charge in [-0.15, -0.1) is 0 Å². The second-order valence-corrected chi connectivity index (χ2v) is 8.62. The molecule has 0 aliphatic carbocycles. The lowest BCUT2D eigenvalue weighted by Crippen LogP contribution is -2.24. The summed E-state index contributed by atoms with van der Waals surface area (Å²) in [5.74, 6) is 0.744. The molecule has 0 unspecified atom stereocenters. The number of hydrogen-bond donors (Lipinski definition) is 1. The molecule has 1 heterocycles. The molecule has 0 saturated heterocycles. The standard InChI is InChI=1S/C22H26N2O2S/c1-22(2,3)17-11-9-16(10-12-17)15-27-21-23-19-8-5-4-7-18(19)20(26)24(21)13-6-14-25/h4-5,7-12,25H,6,13-15H2,1-3H3. The molecule has 2 aromatic carbocycles. The number of benzene rings is 2. The Bertz CT molecular complexity index is 972. The van der Waals surface area contributed by atoms with Gasteiger partial charge in [-0.1, -0.05) is 68.9 Å². The molecule has 1 N–H and O–H groups in total. The van der Waals surface area contributed by atoms with Crippen LogP contribution in [0.2, 0.25) is 0 Å². The van der Waals surface area contributed by atoms with Crippen LogP contribution in [0.15, 0.2) is 58.5 Å². The number of rotatable bonds is 6. The third kappa shape index (κ3) is 4.60. The lowest BCUT2D eigenvalue weighted by Gasteiger charge is -2.19. The van der Waals surface area contributed by atoms with Gasteiger partial charge in [0.1, 0.15) is 0 Å². The first-order chi connectivity index (χ1) is 12.9. The summed E-state index contributed by atoms with van der Waals surface area (Å²) in [6.45, 7) is 7.14. The summed E-state index contributed by atoms with van der Waals surface area (Å²) in [5.41, 5.74) is 3.31. The maximum atomic E-state index is 12.8. The summed E-state index contributed by atoms with van der Waals surface area (Å²) in [6, 6.07) is 16.0. The first-order valence-electron chi connectivity index (χ1n) is 9.23. The molecule has 0 bridgehead atoms. The number of fused-ring (bicyclic) bond motifs is 1. The quantitative estimate of drug-likeness (QED) is 0.508. The first-order valence-corrected chi connectivity index (χ1v) is 10.2. The fourth-order valence-corrected chi connectivity index (χ4v) is 3.91. The van der Waals surface area contributed by atoms with Crippen LogP contribution in [0.25, 0.3) is 10.9 Å². The van der Waals surface area contributed by atoms with Crippen LogP contribution in [0.3, 0.4) is 0 Å². The summed E-state index contributed by atoms with van der Waals surface area (Å²) in [5, 5.41) is 10.5. The van der Waals surface area contributed by atoms with Crippen LogP contribution in [0.4, 0.5) is 0 Å². The van der Waals surface area contributed by atoms with E-state index in [1.165, 1.54) is 11.1 Å². The zero-order chi connectivity index (χ0) is 19.4. The fourth-order valence-electron chi connectivity index (χ4n) is 2.93. The highest BCUT2D eigenvalue weighted by Crippen LogP contribution is 2.26. The van der Waals surface area contributed by atoms with Gasteiger partial charge in [-0.05, 0) is 35.1 Å². The van der Waals surface area contributed by atoms with Crippen LogP contribution in [-0.2, 0) is 17.7 Å². The number of para-hydroxylation sites is 1. The Kier molecular flexibility index (Phi) is 6.02. The highest BCUT2D eigenvalue weighted by Gasteiger charge is 2.14. The highest BCUT2D eigenvalue weighted by molar-refractivity contribution is 7.98. The lowest BCUT2D eigenvalue weighted by molar-refractivity contribution is 0.276. The Morgan fingerprint density at radius 3 is 2.44 bits per heavy atom. The van der Waals surface area contributed by atoms with Gasteiger partial charge in [0.25, 0.3) is 5.56 Å². The van der Waals surface area contributed by atoms with E-state index in [1.807, 2.05) is 18.2 Å². The van der Waals surface area contributed by atoms with Gasteiger partial charge in [0.05, 0.1) is 10.9 Å². The van der Waals surface area contributed by atoms with Crippen molar-refractivity contribution in [1.29, 1.82) is 0 Å². The van der Waals surface area contributed by atoms with E-state index >= 15 is 0 Å². The molecule has 0 saturated carbocycles. The van der Waals surface area contributed by atoms with Crippen LogP contribution < -0.4 is 5.56 Å². The van der Waals surface area contributed by atoms with Crippen molar-refractivity contribution >= 4 is 22.7 Å². The van der Waals surface area contributed by atoms with E-state index in [9.17, 15) is 9.90 Å². The number of hydrogen-bond acceptors (Lipinski definition) is 4. The molecule has 0 amide bonds. The van der Waals surface area contributed by atoms with Gasteiger partial charge in [0.2, 0.25) is 0 Å². The third-order valence-corrected chi connectivity index (χ3v) is 5.60. The molecule has 3 aromatic rings. The van der Waals surface area contributed by atoms with Gasteiger partial charge in [0, 0.05) is 18.9 Å². The van der Waals surface area contributed by atoms with Crippen molar-refractivity contribution in [1.82, 2.24) is 9.55 Å². The van der Waals surface area contributed by atoms with Crippen molar-refractivity contribution in [3.05, 3.63) is 70.0 Å².